The van der Waals surface area contributed by atoms with Crippen LogP contribution in [0.25, 0.3) is 22.0 Å². The Morgan fingerprint density at radius 2 is 1.91 bits per heavy atom. The second kappa shape index (κ2) is 7.36. The summed E-state index contributed by atoms with van der Waals surface area (Å²) in [7, 11) is 0. The summed E-state index contributed by atoms with van der Waals surface area (Å²) in [6.45, 7) is -6.30. The van der Waals surface area contributed by atoms with Crippen LogP contribution in [-0.4, -0.2) is 25.6 Å². The lowest BCUT2D eigenvalue weighted by molar-refractivity contribution is -0.136. The number of benzene rings is 2. The molecule has 1 aliphatic heterocycles. The highest BCUT2D eigenvalue weighted by atomic mass is 19.4. The second-order valence-electron chi connectivity index (χ2n) is 7.30. The number of aryl methyl sites for hydroxylation is 1. The first kappa shape index (κ1) is 15.9. The summed E-state index contributed by atoms with van der Waals surface area (Å²) in [6.07, 6.45) is -2.78. The Labute approximate surface area is 191 Å². The molecule has 0 atom stereocenters. The van der Waals surface area contributed by atoms with Crippen LogP contribution in [0, 0.1) is 11.6 Å². The van der Waals surface area contributed by atoms with Crippen molar-refractivity contribution in [3.63, 3.8) is 0 Å². The average Bonchev–Trinajstić information content (AvgIpc) is 3.34. The third-order valence-electron chi connectivity index (χ3n) is 5.33. The predicted octanol–water partition coefficient (Wildman–Crippen LogP) is 5.09. The van der Waals surface area contributed by atoms with Gasteiger partial charge in [0.2, 0.25) is 0 Å². The van der Waals surface area contributed by atoms with Crippen LogP contribution in [0.15, 0.2) is 48.8 Å². The molecule has 5 rings (SSSR count). The van der Waals surface area contributed by atoms with Crippen molar-refractivity contribution in [2.45, 2.75) is 19.2 Å². The van der Waals surface area contributed by atoms with Gasteiger partial charge in [-0.05, 0) is 41.5 Å². The van der Waals surface area contributed by atoms with E-state index in [0.717, 1.165) is 24.4 Å². The van der Waals surface area contributed by atoms with Gasteiger partial charge in [0, 0.05) is 28.2 Å². The van der Waals surface area contributed by atoms with Gasteiger partial charge in [-0.2, -0.15) is 18.3 Å². The first-order valence-corrected chi connectivity index (χ1v) is 9.46. The van der Waals surface area contributed by atoms with E-state index in [1.165, 1.54) is 18.3 Å². The quantitative estimate of drug-likeness (QED) is 0.398. The van der Waals surface area contributed by atoms with E-state index in [1.807, 2.05) is 0 Å². The summed E-state index contributed by atoms with van der Waals surface area (Å²) in [5, 5.41) is 3.28. The van der Waals surface area contributed by atoms with Gasteiger partial charge in [0.15, 0.2) is 0 Å². The van der Waals surface area contributed by atoms with E-state index >= 15 is 8.78 Å². The highest BCUT2D eigenvalue weighted by molar-refractivity contribution is 5.98. The highest BCUT2D eigenvalue weighted by Gasteiger charge is 2.35. The van der Waals surface area contributed by atoms with E-state index in [2.05, 4.69) is 10.1 Å². The summed E-state index contributed by atoms with van der Waals surface area (Å²) >= 11 is 0. The zero-order chi connectivity index (χ0) is 27.8. The topological polar surface area (TPSA) is 51.0 Å². The molecule has 0 bridgehead atoms. The highest BCUT2D eigenvalue weighted by Crippen LogP contribution is 2.39. The summed E-state index contributed by atoms with van der Waals surface area (Å²) in [5.74, 6) is -3.20. The summed E-state index contributed by atoms with van der Waals surface area (Å²) in [6, 6.07) is 5.95. The van der Waals surface area contributed by atoms with E-state index in [-0.39, 0.29) is 32.5 Å². The molecule has 3 heterocycles. The van der Waals surface area contributed by atoms with Crippen LogP contribution >= 0.6 is 0 Å². The minimum absolute atomic E-state index is 0.0478. The van der Waals surface area contributed by atoms with Crippen LogP contribution in [0.2, 0.25) is 0 Å². The molecular weight excluding hydrogens is 443 g/mol. The number of carbonyl (C=O) groups is 1. The smallest absolute Gasteiger partial charge is 0.328 e. The van der Waals surface area contributed by atoms with Crippen LogP contribution in [0.1, 0.15) is 34.0 Å². The standard InChI is InChI=1S/C23H15F5N4O/c1-31-21-15(9-30-31)13(4-5-17(21)23(26,27)28)12-7-18(24)16(19(25)8-12)10-32-11-20-14(22(32)33)3-2-6-29-20/h2-9H,10-11H2,1H3/i1D3,11D2. The van der Waals surface area contributed by atoms with Crippen molar-refractivity contribution >= 4 is 16.8 Å². The van der Waals surface area contributed by atoms with E-state index in [9.17, 15) is 18.0 Å². The van der Waals surface area contributed by atoms with Gasteiger partial charge in [-0.15, -0.1) is 0 Å². The normalized spacial score (nSPS) is 17.9. The lowest BCUT2D eigenvalue weighted by Gasteiger charge is -2.17. The van der Waals surface area contributed by atoms with Gasteiger partial charge in [0.25, 0.3) is 5.91 Å². The van der Waals surface area contributed by atoms with E-state index in [4.69, 9.17) is 6.85 Å². The fourth-order valence-electron chi connectivity index (χ4n) is 3.79. The lowest BCUT2D eigenvalue weighted by atomic mass is 9.97. The van der Waals surface area contributed by atoms with Crippen molar-refractivity contribution in [2.24, 2.45) is 6.98 Å². The third-order valence-corrected chi connectivity index (χ3v) is 5.33. The van der Waals surface area contributed by atoms with Crippen LogP contribution in [0.3, 0.4) is 0 Å². The van der Waals surface area contributed by atoms with Gasteiger partial charge >= 0.3 is 6.18 Å². The fraction of sp³-hybridized carbons (Fsp3) is 0.174. The van der Waals surface area contributed by atoms with Crippen molar-refractivity contribution in [1.29, 1.82) is 0 Å². The molecule has 0 spiro atoms. The second-order valence-corrected chi connectivity index (χ2v) is 7.30. The molecule has 168 valence electrons. The van der Waals surface area contributed by atoms with Crippen molar-refractivity contribution < 1.29 is 33.6 Å². The van der Waals surface area contributed by atoms with Gasteiger partial charge in [-0.1, -0.05) is 6.07 Å². The first-order valence-electron chi connectivity index (χ1n) is 12.0. The Morgan fingerprint density at radius 3 is 2.58 bits per heavy atom. The average molecular weight is 463 g/mol. The number of aromatic nitrogens is 3. The molecule has 0 saturated carbocycles. The number of halogens is 5. The van der Waals surface area contributed by atoms with Gasteiger partial charge < -0.3 is 4.90 Å². The van der Waals surface area contributed by atoms with Crippen molar-refractivity contribution in [3.8, 4) is 11.1 Å². The van der Waals surface area contributed by atoms with Crippen LogP contribution in [0.4, 0.5) is 22.0 Å². The largest absolute Gasteiger partial charge is 0.418 e. The molecule has 1 aliphatic rings. The molecule has 0 unspecified atom stereocenters. The number of carbonyl (C=O) groups excluding carboxylic acids is 1. The first-order chi connectivity index (χ1) is 17.6. The number of pyridine rings is 1. The predicted molar refractivity (Wildman–Crippen MR) is 109 cm³/mol. The van der Waals surface area contributed by atoms with Crippen molar-refractivity contribution in [2.75, 3.05) is 0 Å². The Morgan fingerprint density at radius 1 is 1.15 bits per heavy atom. The number of fused-ring (bicyclic) bond motifs is 2. The van der Waals surface area contributed by atoms with Gasteiger partial charge in [0.1, 0.15) is 11.6 Å². The third kappa shape index (κ3) is 3.42. The zero-order valence-electron chi connectivity index (χ0n) is 21.4. The van der Waals surface area contributed by atoms with Crippen LogP contribution in [-0.2, 0) is 26.2 Å². The molecule has 0 aliphatic carbocycles. The Hall–Kier alpha value is -3.82. The van der Waals surface area contributed by atoms with Crippen molar-refractivity contribution in [3.05, 3.63) is 82.8 Å². The number of hydrogen-bond acceptors (Lipinski definition) is 3. The SMILES string of the molecule is [2H]C1([2H])c2ncccc2C(=O)N1Cc1c(F)cc(-c2ccc(C(F)(F)F)c3c2cnn3C([2H])([2H])[2H])cc1F. The maximum absolute atomic E-state index is 15.2. The Kier molecular flexibility index (Phi) is 3.55. The number of rotatable bonds is 3. The van der Waals surface area contributed by atoms with E-state index in [0.29, 0.717) is 11.0 Å². The summed E-state index contributed by atoms with van der Waals surface area (Å²) in [4.78, 5) is 17.2. The van der Waals surface area contributed by atoms with Crippen molar-refractivity contribution in [1.82, 2.24) is 19.7 Å². The van der Waals surface area contributed by atoms with Crippen LogP contribution < -0.4 is 0 Å². The molecule has 2 aromatic carbocycles. The number of amides is 1. The molecule has 5 nitrogen and oxygen atoms in total. The Bertz CT molecular complexity index is 1590. The molecule has 33 heavy (non-hydrogen) atoms. The maximum Gasteiger partial charge on any atom is 0.418 e. The van der Waals surface area contributed by atoms with Gasteiger partial charge in [0.05, 0.1) is 44.3 Å². The number of hydrogen-bond donors (Lipinski definition) is 0. The molecule has 0 saturated heterocycles. The molecule has 4 aromatic rings. The van der Waals surface area contributed by atoms with Gasteiger partial charge in [-0.25, -0.2) is 8.78 Å². The maximum atomic E-state index is 15.2. The molecule has 1 amide bonds. The molecule has 2 aromatic heterocycles. The fourth-order valence-corrected chi connectivity index (χ4v) is 3.79. The zero-order valence-corrected chi connectivity index (χ0v) is 16.4. The van der Waals surface area contributed by atoms with E-state index in [1.54, 1.807) is 0 Å². The monoisotopic (exact) mass is 463 g/mol. The lowest BCUT2D eigenvalue weighted by Crippen LogP contribution is -2.24. The Balaban J connectivity index is 1.60. The number of alkyl halides is 3. The summed E-state index contributed by atoms with van der Waals surface area (Å²) in [5.41, 5.74) is -3.29. The molecule has 0 fully saturated rings. The minimum atomic E-state index is -4.94. The molecule has 0 radical (unpaired) electrons. The molecular formula is C23H15F5N4O. The molecule has 10 heteroatoms. The van der Waals surface area contributed by atoms with E-state index < -0.39 is 60.4 Å². The minimum Gasteiger partial charge on any atom is -0.328 e. The van der Waals surface area contributed by atoms with Gasteiger partial charge in [-0.3, -0.25) is 14.5 Å². The molecule has 0 N–H and O–H groups in total. The van der Waals surface area contributed by atoms with Crippen LogP contribution in [0.5, 0.6) is 0 Å². The number of nitrogens with zero attached hydrogens (tertiary/aromatic N) is 4. The summed E-state index contributed by atoms with van der Waals surface area (Å²) < 4.78 is 111.